The van der Waals surface area contributed by atoms with E-state index < -0.39 is 4.92 Å². The molecule has 0 saturated heterocycles. The number of nitrogens with zero attached hydrogens (tertiary/aromatic N) is 3. The monoisotopic (exact) mass is 465 g/mol. The molecule has 6 nitrogen and oxygen atoms in total. The number of methoxy groups -OCH3 is 1. The lowest BCUT2D eigenvalue weighted by atomic mass is 10.2. The molecule has 9 heteroatoms. The fourth-order valence-corrected chi connectivity index (χ4v) is 6.80. The number of rotatable bonds is 4. The second-order valence-electron chi connectivity index (χ2n) is 6.56. The first-order valence-electron chi connectivity index (χ1n) is 9.27. The summed E-state index contributed by atoms with van der Waals surface area (Å²) in [6.45, 7) is 0. The summed E-state index contributed by atoms with van der Waals surface area (Å²) in [4.78, 5) is 13.1. The molecule has 0 unspecified atom stereocenters. The summed E-state index contributed by atoms with van der Waals surface area (Å²) in [6, 6.07) is 22.6. The quantitative estimate of drug-likeness (QED) is 0.320. The van der Waals surface area contributed by atoms with Crippen molar-refractivity contribution >= 4 is 51.7 Å². The van der Waals surface area contributed by atoms with Gasteiger partial charge in [0, 0.05) is 27.5 Å². The molecule has 2 aliphatic rings. The maximum Gasteiger partial charge on any atom is 0.269 e. The van der Waals surface area contributed by atoms with E-state index in [1.54, 1.807) is 54.5 Å². The number of thioether (sulfide) groups is 3. The summed E-state index contributed by atoms with van der Waals surface area (Å²) >= 11 is 5.04. The number of hydrogen-bond donors (Lipinski definition) is 0. The summed E-state index contributed by atoms with van der Waals surface area (Å²) in [5.74, 6) is 0.788. The molecule has 0 aliphatic carbocycles. The van der Waals surface area contributed by atoms with Gasteiger partial charge < -0.3 is 4.74 Å². The number of non-ortho nitro benzene ring substituents is 1. The van der Waals surface area contributed by atoms with Crippen molar-refractivity contribution in [3.8, 4) is 5.75 Å². The van der Waals surface area contributed by atoms with Crippen molar-refractivity contribution in [2.45, 2.75) is 9.79 Å². The fraction of sp³-hybridized carbons (Fsp3) is 0.0455. The predicted molar refractivity (Wildman–Crippen MR) is 128 cm³/mol. The molecule has 0 atom stereocenters. The minimum absolute atomic E-state index is 0.0567. The van der Waals surface area contributed by atoms with Gasteiger partial charge in [-0.2, -0.15) is 5.10 Å². The second kappa shape index (κ2) is 8.33. The van der Waals surface area contributed by atoms with Crippen molar-refractivity contribution in [2.24, 2.45) is 5.10 Å². The molecule has 154 valence electrons. The zero-order valence-corrected chi connectivity index (χ0v) is 18.7. The summed E-state index contributed by atoms with van der Waals surface area (Å²) in [6.07, 6.45) is 0. The maximum absolute atomic E-state index is 11.1. The van der Waals surface area contributed by atoms with Crippen LogP contribution in [-0.4, -0.2) is 17.1 Å². The highest BCUT2D eigenvalue weighted by Crippen LogP contribution is 2.56. The minimum atomic E-state index is -0.396. The Morgan fingerprint density at radius 2 is 1.55 bits per heavy atom. The molecule has 0 aromatic heterocycles. The van der Waals surface area contributed by atoms with Gasteiger partial charge in [-0.15, -0.1) is 0 Å². The number of hydrogen-bond acceptors (Lipinski definition) is 8. The molecule has 3 aromatic rings. The van der Waals surface area contributed by atoms with Gasteiger partial charge in [0.2, 0.25) is 0 Å². The number of anilines is 1. The molecule has 0 spiro atoms. The van der Waals surface area contributed by atoms with E-state index in [0.29, 0.717) is 0 Å². The third kappa shape index (κ3) is 3.91. The van der Waals surface area contributed by atoms with Crippen molar-refractivity contribution in [2.75, 3.05) is 12.1 Å². The van der Waals surface area contributed by atoms with Crippen molar-refractivity contribution < 1.29 is 9.66 Å². The van der Waals surface area contributed by atoms with Gasteiger partial charge >= 0.3 is 0 Å². The standard InChI is InChI=1S/C22H15N3O3S3/c1-28-17-12-6-14(7-13-17)20-23-24(15-8-10-16(11-9-15)25(26)27)21(31-20)22-29-18-4-2-3-5-19(18)30-22/h2-13H,1H3. The first-order valence-corrected chi connectivity index (χ1v) is 11.7. The number of nitro benzene ring substituents is 1. The van der Waals surface area contributed by atoms with Gasteiger partial charge in [-0.25, -0.2) is 5.01 Å². The van der Waals surface area contributed by atoms with Gasteiger partial charge in [-0.3, -0.25) is 10.1 Å². The molecule has 31 heavy (non-hydrogen) atoms. The second-order valence-corrected chi connectivity index (χ2v) is 9.90. The Kier molecular flexibility index (Phi) is 5.39. The van der Waals surface area contributed by atoms with E-state index in [-0.39, 0.29) is 5.69 Å². The highest BCUT2D eigenvalue weighted by Gasteiger charge is 2.31. The van der Waals surface area contributed by atoms with Crippen molar-refractivity contribution in [1.29, 1.82) is 0 Å². The maximum atomic E-state index is 11.1. The van der Waals surface area contributed by atoms with E-state index in [2.05, 4.69) is 12.1 Å². The molecule has 2 aliphatic heterocycles. The third-order valence-corrected chi connectivity index (χ3v) is 8.53. The summed E-state index contributed by atoms with van der Waals surface area (Å²) in [5, 5.41) is 19.6. The Morgan fingerprint density at radius 3 is 2.13 bits per heavy atom. The Labute approximate surface area is 191 Å². The van der Waals surface area contributed by atoms with Crippen LogP contribution in [0, 0.1) is 10.1 Å². The third-order valence-electron chi connectivity index (χ3n) is 4.65. The van der Waals surface area contributed by atoms with Crippen LogP contribution in [0.5, 0.6) is 5.75 Å². The normalized spacial score (nSPS) is 15.1. The van der Waals surface area contributed by atoms with E-state index in [1.165, 1.54) is 21.9 Å². The van der Waals surface area contributed by atoms with Crippen molar-refractivity contribution in [1.82, 2.24) is 0 Å². The lowest BCUT2D eigenvalue weighted by Crippen LogP contribution is -2.10. The van der Waals surface area contributed by atoms with E-state index >= 15 is 0 Å². The molecule has 0 bridgehead atoms. The van der Waals surface area contributed by atoms with Crippen LogP contribution in [0.3, 0.4) is 0 Å². The van der Waals surface area contributed by atoms with Crippen LogP contribution in [0.2, 0.25) is 0 Å². The Bertz CT molecular complexity index is 1200. The van der Waals surface area contributed by atoms with Crippen LogP contribution >= 0.6 is 35.3 Å². The molecule has 2 heterocycles. The molecule has 0 fully saturated rings. The molecule has 5 rings (SSSR count). The lowest BCUT2D eigenvalue weighted by Gasteiger charge is -2.16. The number of hydrazone groups is 1. The van der Waals surface area contributed by atoms with Gasteiger partial charge in [0.1, 0.15) is 15.8 Å². The minimum Gasteiger partial charge on any atom is -0.497 e. The van der Waals surface area contributed by atoms with E-state index in [4.69, 9.17) is 9.84 Å². The topological polar surface area (TPSA) is 68.0 Å². The van der Waals surface area contributed by atoms with Crippen LogP contribution in [0.1, 0.15) is 5.56 Å². The molecular formula is C22H15N3O3S3. The average molecular weight is 466 g/mol. The van der Waals surface area contributed by atoms with Gasteiger partial charge in [0.15, 0.2) is 0 Å². The van der Waals surface area contributed by atoms with E-state index in [1.807, 2.05) is 41.4 Å². The predicted octanol–water partition coefficient (Wildman–Crippen LogP) is 6.54. The smallest absolute Gasteiger partial charge is 0.269 e. The fourth-order valence-electron chi connectivity index (χ4n) is 3.09. The molecule has 0 radical (unpaired) electrons. The molecule has 3 aromatic carbocycles. The lowest BCUT2D eigenvalue weighted by molar-refractivity contribution is -0.384. The van der Waals surface area contributed by atoms with Crippen LogP contribution < -0.4 is 9.75 Å². The number of nitro groups is 1. The number of benzene rings is 3. The van der Waals surface area contributed by atoms with Gasteiger partial charge in [0.25, 0.3) is 5.69 Å². The molecule has 0 amide bonds. The molecule has 0 saturated carbocycles. The van der Waals surface area contributed by atoms with Crippen LogP contribution in [0.4, 0.5) is 11.4 Å². The zero-order chi connectivity index (χ0) is 21.4. The van der Waals surface area contributed by atoms with Gasteiger partial charge in [-0.1, -0.05) is 35.7 Å². The first kappa shape index (κ1) is 20.0. The summed E-state index contributed by atoms with van der Waals surface area (Å²) in [7, 11) is 1.64. The summed E-state index contributed by atoms with van der Waals surface area (Å²) < 4.78 is 6.40. The Morgan fingerprint density at radius 1 is 0.903 bits per heavy atom. The van der Waals surface area contributed by atoms with Gasteiger partial charge in [0.05, 0.1) is 22.0 Å². The van der Waals surface area contributed by atoms with Crippen LogP contribution in [0.15, 0.2) is 97.0 Å². The highest BCUT2D eigenvalue weighted by molar-refractivity contribution is 8.26. The van der Waals surface area contributed by atoms with Gasteiger partial charge in [-0.05, 0) is 60.3 Å². The van der Waals surface area contributed by atoms with E-state index in [0.717, 1.165) is 31.3 Å². The SMILES string of the molecule is COc1ccc(C2=NN(c3ccc([N+](=O)[O-])cc3)C(=C3Sc4ccccc4S3)S2)cc1. The molecular weight excluding hydrogens is 450 g/mol. The first-order chi connectivity index (χ1) is 15.1. The Hall–Kier alpha value is -2.88. The zero-order valence-electron chi connectivity index (χ0n) is 16.2. The van der Waals surface area contributed by atoms with E-state index in [9.17, 15) is 10.1 Å². The number of ether oxygens (including phenoxy) is 1. The number of fused-ring (bicyclic) bond motifs is 1. The van der Waals surface area contributed by atoms with Crippen molar-refractivity contribution in [3.63, 3.8) is 0 Å². The average Bonchev–Trinajstić information content (AvgIpc) is 3.43. The Balaban J connectivity index is 1.55. The highest BCUT2D eigenvalue weighted by atomic mass is 32.2. The summed E-state index contributed by atoms with van der Waals surface area (Å²) in [5.41, 5.74) is 1.82. The molecule has 0 N–H and O–H groups in total. The van der Waals surface area contributed by atoms with Crippen LogP contribution in [-0.2, 0) is 0 Å². The largest absolute Gasteiger partial charge is 0.497 e. The van der Waals surface area contributed by atoms with Crippen molar-refractivity contribution in [3.05, 3.63) is 97.7 Å². The van der Waals surface area contributed by atoms with Crippen LogP contribution in [0.25, 0.3) is 0 Å².